The second kappa shape index (κ2) is 6.52. The number of hydrogen-bond donors (Lipinski definition) is 1. The summed E-state index contributed by atoms with van der Waals surface area (Å²) in [5.41, 5.74) is 0.622. The Morgan fingerprint density at radius 3 is 2.33 bits per heavy atom. The van der Waals surface area contributed by atoms with Crippen LogP contribution in [0.5, 0.6) is 0 Å². The van der Waals surface area contributed by atoms with Gasteiger partial charge in [-0.05, 0) is 43.7 Å². The van der Waals surface area contributed by atoms with Crippen molar-refractivity contribution in [3.63, 3.8) is 0 Å². The van der Waals surface area contributed by atoms with E-state index in [-0.39, 0.29) is 0 Å². The van der Waals surface area contributed by atoms with E-state index in [1.165, 1.54) is 58.0 Å². The molecule has 0 saturated carbocycles. The fourth-order valence-corrected chi connectivity index (χ4v) is 2.97. The molecule has 0 bridgehead atoms. The Morgan fingerprint density at radius 2 is 1.80 bits per heavy atom. The first-order valence-electron chi connectivity index (χ1n) is 6.93. The zero-order chi connectivity index (χ0) is 11.1. The molecule has 1 N–H and O–H groups in total. The number of unbranched alkanes of at least 4 members (excludes halogenated alkanes) is 2. The van der Waals surface area contributed by atoms with E-state index >= 15 is 0 Å². The zero-order valence-corrected chi connectivity index (χ0v) is 10.9. The first kappa shape index (κ1) is 13.0. The Hall–Kier alpha value is -0.0400. The predicted octanol–water partition coefficient (Wildman–Crippen LogP) is 3.98. The Morgan fingerprint density at radius 1 is 1.13 bits per heavy atom. The molecule has 1 fully saturated rings. The van der Waals surface area contributed by atoms with Crippen molar-refractivity contribution in [2.24, 2.45) is 11.3 Å². The van der Waals surface area contributed by atoms with E-state index in [4.69, 9.17) is 0 Å². The van der Waals surface area contributed by atoms with Crippen LogP contribution in [0.3, 0.4) is 0 Å². The van der Waals surface area contributed by atoms with Crippen molar-refractivity contribution in [3.8, 4) is 0 Å². The highest BCUT2D eigenvalue weighted by atomic mass is 14.9. The van der Waals surface area contributed by atoms with Crippen LogP contribution in [0.4, 0.5) is 0 Å². The lowest BCUT2D eigenvalue weighted by molar-refractivity contribution is 0.122. The monoisotopic (exact) mass is 211 g/mol. The minimum atomic E-state index is 0.622. The third-order valence-electron chi connectivity index (χ3n) is 4.48. The average molecular weight is 211 g/mol. The maximum absolute atomic E-state index is 3.48. The van der Waals surface area contributed by atoms with Gasteiger partial charge in [0.15, 0.2) is 0 Å². The minimum Gasteiger partial charge on any atom is -0.317 e. The van der Waals surface area contributed by atoms with Gasteiger partial charge in [0.2, 0.25) is 0 Å². The van der Waals surface area contributed by atoms with Crippen molar-refractivity contribution in [3.05, 3.63) is 0 Å². The molecule has 0 aromatic rings. The second-order valence-electron chi connectivity index (χ2n) is 5.49. The molecule has 1 heterocycles. The van der Waals surface area contributed by atoms with E-state index in [2.05, 4.69) is 26.1 Å². The van der Waals surface area contributed by atoms with Crippen LogP contribution in [-0.4, -0.2) is 13.1 Å². The van der Waals surface area contributed by atoms with Crippen molar-refractivity contribution in [2.45, 2.75) is 65.7 Å². The minimum absolute atomic E-state index is 0.622. The molecular formula is C14H29N. The fraction of sp³-hybridized carbons (Fsp3) is 1.00. The molecule has 1 aliphatic heterocycles. The summed E-state index contributed by atoms with van der Waals surface area (Å²) in [5.74, 6) is 0.973. The molecule has 0 amide bonds. The Kier molecular flexibility index (Phi) is 5.66. The molecule has 0 aromatic heterocycles. The van der Waals surface area contributed by atoms with Gasteiger partial charge in [0.1, 0.15) is 0 Å². The van der Waals surface area contributed by atoms with Crippen LogP contribution in [-0.2, 0) is 0 Å². The molecule has 1 atom stereocenters. The van der Waals surface area contributed by atoms with Gasteiger partial charge in [-0.1, -0.05) is 46.5 Å². The summed E-state index contributed by atoms with van der Waals surface area (Å²) >= 11 is 0. The lowest BCUT2D eigenvalue weighted by Gasteiger charge is -2.40. The Labute approximate surface area is 96.0 Å². The molecule has 1 saturated heterocycles. The molecule has 0 aromatic carbocycles. The smallest absolute Gasteiger partial charge is 0.00461 e. The van der Waals surface area contributed by atoms with Gasteiger partial charge < -0.3 is 5.32 Å². The summed E-state index contributed by atoms with van der Waals surface area (Å²) in [4.78, 5) is 0. The molecule has 0 spiro atoms. The molecule has 1 unspecified atom stereocenters. The van der Waals surface area contributed by atoms with Crippen LogP contribution in [0.15, 0.2) is 0 Å². The summed E-state index contributed by atoms with van der Waals surface area (Å²) < 4.78 is 0. The summed E-state index contributed by atoms with van der Waals surface area (Å²) in [6, 6.07) is 0. The Balaban J connectivity index is 2.41. The van der Waals surface area contributed by atoms with Gasteiger partial charge in [-0.15, -0.1) is 0 Å². The van der Waals surface area contributed by atoms with Crippen molar-refractivity contribution >= 4 is 0 Å². The number of piperidine rings is 1. The summed E-state index contributed by atoms with van der Waals surface area (Å²) in [6.07, 6.45) is 9.81. The van der Waals surface area contributed by atoms with E-state index in [0.29, 0.717) is 5.41 Å². The normalized spacial score (nSPS) is 22.6. The highest BCUT2D eigenvalue weighted by molar-refractivity contribution is 4.84. The van der Waals surface area contributed by atoms with Crippen LogP contribution < -0.4 is 5.32 Å². The van der Waals surface area contributed by atoms with Crippen molar-refractivity contribution < 1.29 is 0 Å². The van der Waals surface area contributed by atoms with E-state index in [9.17, 15) is 0 Å². The third-order valence-corrected chi connectivity index (χ3v) is 4.48. The SMILES string of the molecule is CCCCCC(C)(CC)C1CCNCC1. The van der Waals surface area contributed by atoms with Crippen LogP contribution in [0.1, 0.15) is 65.7 Å². The second-order valence-corrected chi connectivity index (χ2v) is 5.49. The first-order chi connectivity index (χ1) is 7.23. The molecule has 1 aliphatic rings. The summed E-state index contributed by atoms with van der Waals surface area (Å²) in [7, 11) is 0. The van der Waals surface area contributed by atoms with E-state index in [0.717, 1.165) is 5.92 Å². The molecule has 1 heteroatoms. The number of hydrogen-bond acceptors (Lipinski definition) is 1. The third kappa shape index (κ3) is 3.79. The van der Waals surface area contributed by atoms with E-state index in [1.807, 2.05) is 0 Å². The fourth-order valence-electron chi connectivity index (χ4n) is 2.97. The molecule has 1 rings (SSSR count). The lowest BCUT2D eigenvalue weighted by Crippen LogP contribution is -2.37. The quantitative estimate of drug-likeness (QED) is 0.655. The highest BCUT2D eigenvalue weighted by Gasteiger charge is 2.32. The predicted molar refractivity (Wildman–Crippen MR) is 68.1 cm³/mol. The van der Waals surface area contributed by atoms with Gasteiger partial charge in [0, 0.05) is 0 Å². The van der Waals surface area contributed by atoms with Crippen LogP contribution in [0.2, 0.25) is 0 Å². The van der Waals surface area contributed by atoms with Gasteiger partial charge in [-0.25, -0.2) is 0 Å². The first-order valence-corrected chi connectivity index (χ1v) is 6.93. The van der Waals surface area contributed by atoms with Gasteiger partial charge in [-0.2, -0.15) is 0 Å². The summed E-state index contributed by atoms with van der Waals surface area (Å²) in [5, 5.41) is 3.48. The maximum atomic E-state index is 3.48. The maximum Gasteiger partial charge on any atom is -0.00461 e. The number of nitrogens with one attached hydrogen (secondary N) is 1. The molecular weight excluding hydrogens is 182 g/mol. The van der Waals surface area contributed by atoms with Gasteiger partial charge in [0.05, 0.1) is 0 Å². The summed E-state index contributed by atoms with van der Waals surface area (Å²) in [6.45, 7) is 9.70. The largest absolute Gasteiger partial charge is 0.317 e. The number of rotatable bonds is 6. The van der Waals surface area contributed by atoms with Gasteiger partial charge in [0.25, 0.3) is 0 Å². The van der Waals surface area contributed by atoms with Crippen LogP contribution >= 0.6 is 0 Å². The lowest BCUT2D eigenvalue weighted by atomic mass is 9.68. The zero-order valence-electron chi connectivity index (χ0n) is 10.9. The Bertz CT molecular complexity index is 161. The molecule has 15 heavy (non-hydrogen) atoms. The highest BCUT2D eigenvalue weighted by Crippen LogP contribution is 2.41. The van der Waals surface area contributed by atoms with Crippen molar-refractivity contribution in [1.29, 1.82) is 0 Å². The van der Waals surface area contributed by atoms with E-state index < -0.39 is 0 Å². The van der Waals surface area contributed by atoms with Gasteiger partial charge in [-0.3, -0.25) is 0 Å². The van der Waals surface area contributed by atoms with Crippen molar-refractivity contribution in [2.75, 3.05) is 13.1 Å². The molecule has 0 aliphatic carbocycles. The standard InChI is InChI=1S/C14H29N/c1-4-6-7-10-14(3,5-2)13-8-11-15-12-9-13/h13,15H,4-12H2,1-3H3. The van der Waals surface area contributed by atoms with Crippen LogP contribution in [0, 0.1) is 11.3 Å². The topological polar surface area (TPSA) is 12.0 Å². The average Bonchev–Trinajstić information content (AvgIpc) is 2.30. The molecule has 0 radical (unpaired) electrons. The van der Waals surface area contributed by atoms with Crippen molar-refractivity contribution in [1.82, 2.24) is 5.32 Å². The molecule has 1 nitrogen and oxygen atoms in total. The van der Waals surface area contributed by atoms with Crippen LogP contribution in [0.25, 0.3) is 0 Å². The van der Waals surface area contributed by atoms with E-state index in [1.54, 1.807) is 0 Å². The molecule has 90 valence electrons. The van der Waals surface area contributed by atoms with Gasteiger partial charge >= 0.3 is 0 Å².